The molecule has 1 aliphatic carbocycles. The first-order chi connectivity index (χ1) is 6.62. The van der Waals surface area contributed by atoms with Crippen LogP contribution in [0.15, 0.2) is 17.5 Å². The Morgan fingerprint density at radius 2 is 2.36 bits per heavy atom. The Kier molecular flexibility index (Phi) is 2.41. The molecule has 0 bridgehead atoms. The highest BCUT2D eigenvalue weighted by atomic mass is 32.1. The Balaban J connectivity index is 2.31. The minimum atomic E-state index is -0.742. The molecule has 0 amide bonds. The molecule has 0 saturated heterocycles. The van der Waals surface area contributed by atoms with Gasteiger partial charge >= 0.3 is 0 Å². The molecule has 1 heterocycles. The van der Waals surface area contributed by atoms with E-state index in [-0.39, 0.29) is 5.41 Å². The van der Waals surface area contributed by atoms with E-state index in [1.165, 1.54) is 6.42 Å². The summed E-state index contributed by atoms with van der Waals surface area (Å²) in [4.78, 5) is 1.04. The van der Waals surface area contributed by atoms with Gasteiger partial charge in [0.15, 0.2) is 0 Å². The fourth-order valence-electron chi connectivity index (χ4n) is 2.31. The van der Waals surface area contributed by atoms with Gasteiger partial charge in [0.05, 0.1) is 0 Å². The van der Waals surface area contributed by atoms with Gasteiger partial charge in [0.1, 0.15) is 5.60 Å². The minimum absolute atomic E-state index is 0.0716. The smallest absolute Gasteiger partial charge is 0.103 e. The molecule has 1 aromatic rings. The standard InChI is InChI=1S/C11H17NOS/c1-10(13,9-4-2-7-14-9)11(8-12)5-3-6-11/h2,4,7,13H,3,5-6,8,12H2,1H3. The van der Waals surface area contributed by atoms with Gasteiger partial charge in [0.2, 0.25) is 0 Å². The Bertz CT molecular complexity index is 296. The van der Waals surface area contributed by atoms with Crippen molar-refractivity contribution in [3.63, 3.8) is 0 Å². The van der Waals surface area contributed by atoms with Crippen LogP contribution < -0.4 is 5.73 Å². The van der Waals surface area contributed by atoms with Gasteiger partial charge in [0, 0.05) is 16.8 Å². The van der Waals surface area contributed by atoms with E-state index >= 15 is 0 Å². The second kappa shape index (κ2) is 3.33. The molecule has 0 aromatic carbocycles. The lowest BCUT2D eigenvalue weighted by Gasteiger charge is -2.50. The van der Waals surface area contributed by atoms with Crippen molar-refractivity contribution in [2.24, 2.45) is 11.1 Å². The Labute approximate surface area is 88.8 Å². The van der Waals surface area contributed by atoms with Gasteiger partial charge in [-0.2, -0.15) is 0 Å². The van der Waals surface area contributed by atoms with Crippen molar-refractivity contribution in [2.75, 3.05) is 6.54 Å². The summed E-state index contributed by atoms with van der Waals surface area (Å²) < 4.78 is 0. The summed E-state index contributed by atoms with van der Waals surface area (Å²) in [6, 6.07) is 3.98. The van der Waals surface area contributed by atoms with Gasteiger partial charge in [0.25, 0.3) is 0 Å². The summed E-state index contributed by atoms with van der Waals surface area (Å²) in [6.07, 6.45) is 3.29. The van der Waals surface area contributed by atoms with Crippen molar-refractivity contribution in [2.45, 2.75) is 31.8 Å². The topological polar surface area (TPSA) is 46.2 Å². The summed E-state index contributed by atoms with van der Waals surface area (Å²) in [5.74, 6) is 0. The van der Waals surface area contributed by atoms with E-state index in [1.807, 2.05) is 24.4 Å². The van der Waals surface area contributed by atoms with Crippen molar-refractivity contribution in [1.29, 1.82) is 0 Å². The molecule has 78 valence electrons. The number of rotatable bonds is 3. The molecule has 3 heteroatoms. The molecule has 1 fully saturated rings. The molecular formula is C11H17NOS. The summed E-state index contributed by atoms with van der Waals surface area (Å²) in [6.45, 7) is 2.49. The number of aliphatic hydroxyl groups is 1. The van der Waals surface area contributed by atoms with Crippen LogP contribution in [0, 0.1) is 5.41 Å². The number of nitrogens with two attached hydrogens (primary N) is 1. The molecule has 0 spiro atoms. The number of thiophene rings is 1. The van der Waals surface area contributed by atoms with Gasteiger partial charge in [-0.05, 0) is 31.2 Å². The largest absolute Gasteiger partial charge is 0.384 e. The fourth-order valence-corrected chi connectivity index (χ4v) is 3.22. The van der Waals surface area contributed by atoms with E-state index in [0.717, 1.165) is 17.7 Å². The first-order valence-corrected chi connectivity index (χ1v) is 5.97. The van der Waals surface area contributed by atoms with Crippen molar-refractivity contribution in [3.8, 4) is 0 Å². The zero-order valence-corrected chi connectivity index (χ0v) is 9.31. The average molecular weight is 211 g/mol. The highest BCUT2D eigenvalue weighted by Crippen LogP contribution is 2.53. The molecule has 1 unspecified atom stereocenters. The zero-order valence-electron chi connectivity index (χ0n) is 8.49. The number of hydrogen-bond acceptors (Lipinski definition) is 3. The predicted octanol–water partition coefficient (Wildman–Crippen LogP) is 2.08. The third-order valence-electron chi connectivity index (χ3n) is 3.74. The maximum absolute atomic E-state index is 10.6. The van der Waals surface area contributed by atoms with Crippen LogP contribution >= 0.6 is 11.3 Å². The van der Waals surface area contributed by atoms with Crippen LogP contribution in [0.5, 0.6) is 0 Å². The average Bonchev–Trinajstić information content (AvgIpc) is 2.53. The quantitative estimate of drug-likeness (QED) is 0.804. The van der Waals surface area contributed by atoms with Crippen LogP contribution in [-0.4, -0.2) is 11.7 Å². The van der Waals surface area contributed by atoms with Crippen molar-refractivity contribution in [1.82, 2.24) is 0 Å². The molecule has 1 saturated carbocycles. The first kappa shape index (κ1) is 10.1. The Hall–Kier alpha value is -0.380. The van der Waals surface area contributed by atoms with E-state index in [0.29, 0.717) is 6.54 Å². The SMILES string of the molecule is CC(O)(c1cccs1)C1(CN)CCC1. The molecule has 0 aliphatic heterocycles. The Morgan fingerprint density at radius 3 is 2.71 bits per heavy atom. The number of hydrogen-bond donors (Lipinski definition) is 2. The highest BCUT2D eigenvalue weighted by molar-refractivity contribution is 7.10. The van der Waals surface area contributed by atoms with Gasteiger partial charge in [-0.3, -0.25) is 0 Å². The van der Waals surface area contributed by atoms with E-state index in [4.69, 9.17) is 5.73 Å². The normalized spacial score (nSPS) is 23.9. The van der Waals surface area contributed by atoms with Crippen molar-refractivity contribution in [3.05, 3.63) is 22.4 Å². The van der Waals surface area contributed by atoms with Crippen molar-refractivity contribution >= 4 is 11.3 Å². The van der Waals surface area contributed by atoms with Crippen LogP contribution in [0.4, 0.5) is 0 Å². The van der Waals surface area contributed by atoms with Gasteiger partial charge in [-0.1, -0.05) is 12.5 Å². The minimum Gasteiger partial charge on any atom is -0.384 e. The Morgan fingerprint density at radius 1 is 1.64 bits per heavy atom. The van der Waals surface area contributed by atoms with Crippen LogP contribution in [0.1, 0.15) is 31.1 Å². The monoisotopic (exact) mass is 211 g/mol. The molecule has 2 rings (SSSR count). The molecular weight excluding hydrogens is 194 g/mol. The van der Waals surface area contributed by atoms with Crippen LogP contribution in [0.2, 0.25) is 0 Å². The van der Waals surface area contributed by atoms with E-state index in [9.17, 15) is 5.11 Å². The fraction of sp³-hybridized carbons (Fsp3) is 0.636. The van der Waals surface area contributed by atoms with E-state index < -0.39 is 5.60 Å². The first-order valence-electron chi connectivity index (χ1n) is 5.09. The molecule has 1 aromatic heterocycles. The zero-order chi connectivity index (χ0) is 10.2. The van der Waals surface area contributed by atoms with Gasteiger partial charge in [-0.25, -0.2) is 0 Å². The maximum Gasteiger partial charge on any atom is 0.103 e. The lowest BCUT2D eigenvalue weighted by molar-refractivity contribution is -0.114. The second-order valence-corrected chi connectivity index (χ2v) is 5.34. The molecule has 1 atom stereocenters. The van der Waals surface area contributed by atoms with Crippen molar-refractivity contribution < 1.29 is 5.11 Å². The maximum atomic E-state index is 10.6. The van der Waals surface area contributed by atoms with Gasteiger partial charge < -0.3 is 10.8 Å². The van der Waals surface area contributed by atoms with Crippen LogP contribution in [0.25, 0.3) is 0 Å². The predicted molar refractivity (Wildman–Crippen MR) is 59.2 cm³/mol. The second-order valence-electron chi connectivity index (χ2n) is 4.39. The molecule has 0 radical (unpaired) electrons. The van der Waals surface area contributed by atoms with E-state index in [1.54, 1.807) is 11.3 Å². The summed E-state index contributed by atoms with van der Waals surface area (Å²) in [5, 5.41) is 12.6. The third-order valence-corrected chi connectivity index (χ3v) is 4.82. The molecule has 1 aliphatic rings. The summed E-state index contributed by atoms with van der Waals surface area (Å²) in [5.41, 5.74) is 4.99. The van der Waals surface area contributed by atoms with Gasteiger partial charge in [-0.15, -0.1) is 11.3 Å². The van der Waals surface area contributed by atoms with Crippen LogP contribution in [-0.2, 0) is 5.60 Å². The van der Waals surface area contributed by atoms with E-state index in [2.05, 4.69) is 0 Å². The lowest BCUT2D eigenvalue weighted by atomic mass is 9.59. The molecule has 14 heavy (non-hydrogen) atoms. The summed E-state index contributed by atoms with van der Waals surface area (Å²) in [7, 11) is 0. The van der Waals surface area contributed by atoms with Crippen LogP contribution in [0.3, 0.4) is 0 Å². The highest BCUT2D eigenvalue weighted by Gasteiger charge is 2.51. The lowest BCUT2D eigenvalue weighted by Crippen LogP contribution is -2.52. The molecule has 3 N–H and O–H groups in total. The third kappa shape index (κ3) is 1.23. The molecule has 2 nitrogen and oxygen atoms in total. The summed E-state index contributed by atoms with van der Waals surface area (Å²) >= 11 is 1.62.